The largest absolute Gasteiger partial charge is 0.298 e. The molecule has 1 fully saturated rings. The normalized spacial score (nSPS) is 24.2. The molecule has 1 aliphatic heterocycles. The number of carbonyl (C=O) groups is 1. The maximum atomic E-state index is 11.3. The predicted octanol–water partition coefficient (Wildman–Crippen LogP) is 2.01. The number of carbonyl (C=O) groups excluding carboxylic acids is 1. The second kappa shape index (κ2) is 5.18. The molecule has 1 atom stereocenters. The molecule has 0 N–H and O–H groups in total. The maximum absolute atomic E-state index is 11.3. The van der Waals surface area contributed by atoms with Crippen LogP contribution in [0.25, 0.3) is 0 Å². The quantitative estimate of drug-likeness (QED) is 0.618. The first kappa shape index (κ1) is 10.5. The standard InChI is InChI=1S/C11H19NO/c1-3-4-8-12-9-6-5-7-11(12)10(2)13/h3,11H,1,4-9H2,2H3. The van der Waals surface area contributed by atoms with Gasteiger partial charge in [-0.2, -0.15) is 0 Å². The summed E-state index contributed by atoms with van der Waals surface area (Å²) in [6.07, 6.45) is 6.40. The van der Waals surface area contributed by atoms with E-state index in [2.05, 4.69) is 11.5 Å². The van der Waals surface area contributed by atoms with Gasteiger partial charge in [0, 0.05) is 6.54 Å². The first-order valence-electron chi connectivity index (χ1n) is 5.11. The van der Waals surface area contributed by atoms with Gasteiger partial charge in [-0.1, -0.05) is 12.5 Å². The second-order valence-corrected chi connectivity index (χ2v) is 3.74. The third kappa shape index (κ3) is 2.96. The van der Waals surface area contributed by atoms with Crippen LogP contribution < -0.4 is 0 Å². The van der Waals surface area contributed by atoms with Crippen LogP contribution in [0.15, 0.2) is 12.7 Å². The Morgan fingerprint density at radius 2 is 2.38 bits per heavy atom. The highest BCUT2D eigenvalue weighted by Crippen LogP contribution is 2.17. The average molecular weight is 181 g/mol. The van der Waals surface area contributed by atoms with Crippen LogP contribution in [0.2, 0.25) is 0 Å². The van der Waals surface area contributed by atoms with Crippen LogP contribution >= 0.6 is 0 Å². The van der Waals surface area contributed by atoms with Gasteiger partial charge in [0.15, 0.2) is 0 Å². The molecule has 0 aromatic heterocycles. The zero-order valence-electron chi connectivity index (χ0n) is 8.46. The molecule has 0 bridgehead atoms. The third-order valence-corrected chi connectivity index (χ3v) is 2.70. The lowest BCUT2D eigenvalue weighted by Crippen LogP contribution is -2.44. The first-order chi connectivity index (χ1) is 6.25. The fourth-order valence-corrected chi connectivity index (χ4v) is 1.98. The highest BCUT2D eigenvalue weighted by molar-refractivity contribution is 5.81. The minimum absolute atomic E-state index is 0.189. The molecule has 13 heavy (non-hydrogen) atoms. The lowest BCUT2D eigenvalue weighted by molar-refractivity contribution is -0.123. The van der Waals surface area contributed by atoms with Crippen molar-refractivity contribution in [2.45, 2.75) is 38.6 Å². The van der Waals surface area contributed by atoms with E-state index < -0.39 is 0 Å². The molecule has 0 radical (unpaired) electrons. The monoisotopic (exact) mass is 181 g/mol. The summed E-state index contributed by atoms with van der Waals surface area (Å²) < 4.78 is 0. The van der Waals surface area contributed by atoms with Crippen LogP contribution in [0.5, 0.6) is 0 Å². The summed E-state index contributed by atoms with van der Waals surface area (Å²) in [5.41, 5.74) is 0. The molecular weight excluding hydrogens is 162 g/mol. The fourth-order valence-electron chi connectivity index (χ4n) is 1.98. The Morgan fingerprint density at radius 3 is 3.00 bits per heavy atom. The number of ketones is 1. The zero-order chi connectivity index (χ0) is 9.68. The highest BCUT2D eigenvalue weighted by Gasteiger charge is 2.24. The first-order valence-corrected chi connectivity index (χ1v) is 5.11. The van der Waals surface area contributed by atoms with Crippen molar-refractivity contribution in [3.63, 3.8) is 0 Å². The van der Waals surface area contributed by atoms with Crippen molar-refractivity contribution in [3.05, 3.63) is 12.7 Å². The number of nitrogens with zero attached hydrogens (tertiary/aromatic N) is 1. The molecule has 1 aliphatic rings. The van der Waals surface area contributed by atoms with Crippen molar-refractivity contribution in [1.82, 2.24) is 4.90 Å². The van der Waals surface area contributed by atoms with Crippen molar-refractivity contribution in [3.8, 4) is 0 Å². The number of hydrogen-bond donors (Lipinski definition) is 0. The molecule has 0 aromatic carbocycles. The molecule has 74 valence electrons. The van der Waals surface area contributed by atoms with E-state index in [-0.39, 0.29) is 6.04 Å². The van der Waals surface area contributed by atoms with E-state index in [0.29, 0.717) is 5.78 Å². The second-order valence-electron chi connectivity index (χ2n) is 3.74. The van der Waals surface area contributed by atoms with E-state index in [1.54, 1.807) is 6.92 Å². The van der Waals surface area contributed by atoms with Crippen molar-refractivity contribution < 1.29 is 4.79 Å². The Hall–Kier alpha value is -0.630. The molecular formula is C11H19NO. The Balaban J connectivity index is 2.46. The van der Waals surface area contributed by atoms with E-state index in [1.807, 2.05) is 6.08 Å². The van der Waals surface area contributed by atoms with Gasteiger partial charge < -0.3 is 0 Å². The SMILES string of the molecule is C=CCCN1CCCCC1C(C)=O. The smallest absolute Gasteiger partial charge is 0.146 e. The molecule has 1 saturated heterocycles. The molecule has 2 nitrogen and oxygen atoms in total. The fraction of sp³-hybridized carbons (Fsp3) is 0.727. The van der Waals surface area contributed by atoms with Gasteiger partial charge in [0.25, 0.3) is 0 Å². The summed E-state index contributed by atoms with van der Waals surface area (Å²) in [7, 11) is 0. The van der Waals surface area contributed by atoms with Gasteiger partial charge in [-0.05, 0) is 32.7 Å². The third-order valence-electron chi connectivity index (χ3n) is 2.70. The van der Waals surface area contributed by atoms with Crippen LogP contribution in [-0.4, -0.2) is 29.8 Å². The van der Waals surface area contributed by atoms with E-state index in [4.69, 9.17) is 0 Å². The van der Waals surface area contributed by atoms with Crippen LogP contribution in [0.1, 0.15) is 32.6 Å². The summed E-state index contributed by atoms with van der Waals surface area (Å²) >= 11 is 0. The molecule has 1 unspecified atom stereocenters. The topological polar surface area (TPSA) is 20.3 Å². The van der Waals surface area contributed by atoms with Crippen molar-refractivity contribution in [1.29, 1.82) is 0 Å². The van der Waals surface area contributed by atoms with Crippen LogP contribution in [-0.2, 0) is 4.79 Å². The summed E-state index contributed by atoms with van der Waals surface area (Å²) in [6.45, 7) is 7.48. The number of likely N-dealkylation sites (tertiary alicyclic amines) is 1. The number of rotatable bonds is 4. The summed E-state index contributed by atoms with van der Waals surface area (Å²) in [5.74, 6) is 0.323. The summed E-state index contributed by atoms with van der Waals surface area (Å²) in [5, 5.41) is 0. The molecule has 1 rings (SSSR count). The van der Waals surface area contributed by atoms with E-state index in [1.165, 1.54) is 12.8 Å². The molecule has 0 aromatic rings. The molecule has 1 heterocycles. The van der Waals surface area contributed by atoms with E-state index in [0.717, 1.165) is 25.9 Å². The Labute approximate surface area is 80.6 Å². The van der Waals surface area contributed by atoms with Crippen molar-refractivity contribution >= 4 is 5.78 Å². The average Bonchev–Trinajstić information content (AvgIpc) is 2.15. The summed E-state index contributed by atoms with van der Waals surface area (Å²) in [6, 6.07) is 0.189. The van der Waals surface area contributed by atoms with E-state index in [9.17, 15) is 4.79 Å². The lowest BCUT2D eigenvalue weighted by Gasteiger charge is -2.33. The van der Waals surface area contributed by atoms with Gasteiger partial charge in [0.2, 0.25) is 0 Å². The highest BCUT2D eigenvalue weighted by atomic mass is 16.1. The van der Waals surface area contributed by atoms with Gasteiger partial charge in [-0.25, -0.2) is 0 Å². The molecule has 0 spiro atoms. The lowest BCUT2D eigenvalue weighted by atomic mass is 9.99. The van der Waals surface area contributed by atoms with Crippen molar-refractivity contribution in [2.24, 2.45) is 0 Å². The van der Waals surface area contributed by atoms with Gasteiger partial charge in [0.05, 0.1) is 6.04 Å². The maximum Gasteiger partial charge on any atom is 0.146 e. The van der Waals surface area contributed by atoms with Crippen LogP contribution in [0, 0.1) is 0 Å². The number of Topliss-reactive ketones (excluding diaryl/α,β-unsaturated/α-hetero) is 1. The van der Waals surface area contributed by atoms with Gasteiger partial charge in [0.1, 0.15) is 5.78 Å². The number of piperidine rings is 1. The number of hydrogen-bond acceptors (Lipinski definition) is 2. The van der Waals surface area contributed by atoms with Crippen LogP contribution in [0.4, 0.5) is 0 Å². The Kier molecular flexibility index (Phi) is 4.16. The van der Waals surface area contributed by atoms with Gasteiger partial charge in [-0.3, -0.25) is 9.69 Å². The molecule has 0 amide bonds. The molecule has 2 heteroatoms. The minimum atomic E-state index is 0.189. The van der Waals surface area contributed by atoms with Crippen molar-refractivity contribution in [2.75, 3.05) is 13.1 Å². The predicted molar refractivity (Wildman–Crippen MR) is 54.7 cm³/mol. The molecule has 0 saturated carbocycles. The minimum Gasteiger partial charge on any atom is -0.298 e. The Bertz CT molecular complexity index is 189. The van der Waals surface area contributed by atoms with Gasteiger partial charge >= 0.3 is 0 Å². The van der Waals surface area contributed by atoms with Crippen LogP contribution in [0.3, 0.4) is 0 Å². The molecule has 0 aliphatic carbocycles. The Morgan fingerprint density at radius 1 is 1.62 bits per heavy atom. The van der Waals surface area contributed by atoms with Gasteiger partial charge in [-0.15, -0.1) is 6.58 Å². The zero-order valence-corrected chi connectivity index (χ0v) is 8.46. The summed E-state index contributed by atoms with van der Waals surface area (Å²) in [4.78, 5) is 13.6. The van der Waals surface area contributed by atoms with E-state index >= 15 is 0 Å².